The van der Waals surface area contributed by atoms with Crippen molar-refractivity contribution in [3.63, 3.8) is 0 Å². The lowest BCUT2D eigenvalue weighted by molar-refractivity contribution is -0.167. The summed E-state index contributed by atoms with van der Waals surface area (Å²) in [4.78, 5) is 37.9. The molecule has 360 valence electrons. The Balaban J connectivity index is 4.28. The lowest BCUT2D eigenvalue weighted by Gasteiger charge is -2.18. The second kappa shape index (κ2) is 51.0. The smallest absolute Gasteiger partial charge is 0.306 e. The molecule has 0 amide bonds. The Morgan fingerprint density at radius 2 is 0.613 bits per heavy atom. The molecule has 0 aliphatic rings. The molecule has 0 aliphatic heterocycles. The highest BCUT2D eigenvalue weighted by Crippen LogP contribution is 2.15. The Hall–Kier alpha value is -2.63. The molecule has 0 bridgehead atoms. The van der Waals surface area contributed by atoms with Crippen LogP contribution in [0.4, 0.5) is 0 Å². The average Bonchev–Trinajstić information content (AvgIpc) is 3.27. The molecule has 6 nitrogen and oxygen atoms in total. The number of carbonyl (C=O) groups excluding carboxylic acids is 3. The van der Waals surface area contributed by atoms with Crippen LogP contribution < -0.4 is 0 Å². The molecular weight excluding hydrogens is 769 g/mol. The van der Waals surface area contributed by atoms with Gasteiger partial charge in [0.25, 0.3) is 0 Å². The Labute approximate surface area is 384 Å². The number of hydrogen-bond donors (Lipinski definition) is 0. The first-order valence-electron chi connectivity index (χ1n) is 26.6. The minimum absolute atomic E-state index is 0.0782. The molecule has 0 N–H and O–H groups in total. The summed E-state index contributed by atoms with van der Waals surface area (Å²) in [6.45, 7) is 6.55. The largest absolute Gasteiger partial charge is 0.462 e. The van der Waals surface area contributed by atoms with Crippen LogP contribution in [-0.4, -0.2) is 37.2 Å². The summed E-state index contributed by atoms with van der Waals surface area (Å²) in [6, 6.07) is 0. The van der Waals surface area contributed by atoms with E-state index in [9.17, 15) is 14.4 Å². The summed E-state index contributed by atoms with van der Waals surface area (Å²) in [5.41, 5.74) is 0. The van der Waals surface area contributed by atoms with E-state index < -0.39 is 6.10 Å². The van der Waals surface area contributed by atoms with Gasteiger partial charge >= 0.3 is 17.9 Å². The second-order valence-corrected chi connectivity index (χ2v) is 17.8. The predicted octanol–water partition coefficient (Wildman–Crippen LogP) is 17.5. The standard InChI is InChI=1S/C56H100O6/c1-4-7-10-13-16-19-22-24-25-26-27-28-29-30-31-33-34-37-40-43-46-49-55(58)61-52-53(51-60-54(57)48-45-42-39-36-21-18-15-12-9-6-3)62-56(59)50-47-44-41-38-35-32-23-20-17-14-11-8-5-2/h11,14,20,22-24,26-27,53H,4-10,12-13,15-19,21,25,28-52H2,1-3H3/b14-11-,23-20-,24-22-,27-26-. The third-order valence-corrected chi connectivity index (χ3v) is 11.5. The maximum absolute atomic E-state index is 12.8. The van der Waals surface area contributed by atoms with Gasteiger partial charge in [0.1, 0.15) is 13.2 Å². The zero-order valence-electron chi connectivity index (χ0n) is 41.1. The fraction of sp³-hybridized carbons (Fsp3) is 0.804. The van der Waals surface area contributed by atoms with Gasteiger partial charge in [-0.1, -0.05) is 223 Å². The number of ether oxygens (including phenoxy) is 3. The Morgan fingerprint density at radius 3 is 0.952 bits per heavy atom. The molecule has 0 spiro atoms. The summed E-state index contributed by atoms with van der Waals surface area (Å²) in [7, 11) is 0. The van der Waals surface area contributed by atoms with Crippen molar-refractivity contribution in [3.8, 4) is 0 Å². The summed E-state index contributed by atoms with van der Waals surface area (Å²) in [5, 5.41) is 0. The first kappa shape index (κ1) is 59.4. The van der Waals surface area contributed by atoms with Crippen LogP contribution in [0.15, 0.2) is 48.6 Å². The van der Waals surface area contributed by atoms with E-state index in [-0.39, 0.29) is 31.1 Å². The Morgan fingerprint density at radius 1 is 0.323 bits per heavy atom. The van der Waals surface area contributed by atoms with Crippen LogP contribution in [0.5, 0.6) is 0 Å². The Kier molecular flexibility index (Phi) is 48.8. The fourth-order valence-corrected chi connectivity index (χ4v) is 7.51. The number of allylic oxidation sites excluding steroid dienone is 8. The van der Waals surface area contributed by atoms with E-state index in [1.165, 1.54) is 135 Å². The molecular formula is C56H100O6. The number of rotatable bonds is 48. The SMILES string of the molecule is CCC/C=C\C/C=C\CCCCCCCC(=O)OC(COC(=O)CCCCCCCCCCCC)COC(=O)CCCCCCCCCCC/C=C\C/C=C\CCCCCCC. The van der Waals surface area contributed by atoms with Crippen molar-refractivity contribution >= 4 is 17.9 Å². The molecule has 0 aromatic rings. The van der Waals surface area contributed by atoms with Gasteiger partial charge in [0.15, 0.2) is 6.10 Å². The summed E-state index contributed by atoms with van der Waals surface area (Å²) in [5.74, 6) is -0.891. The third kappa shape index (κ3) is 48.4. The van der Waals surface area contributed by atoms with E-state index in [4.69, 9.17) is 14.2 Å². The molecule has 0 aliphatic carbocycles. The highest BCUT2D eigenvalue weighted by molar-refractivity contribution is 5.71. The van der Waals surface area contributed by atoms with Gasteiger partial charge < -0.3 is 14.2 Å². The maximum Gasteiger partial charge on any atom is 0.306 e. The summed E-state index contributed by atoms with van der Waals surface area (Å²) < 4.78 is 16.8. The zero-order chi connectivity index (χ0) is 45.1. The number of carbonyl (C=O) groups is 3. The highest BCUT2D eigenvalue weighted by Gasteiger charge is 2.19. The van der Waals surface area contributed by atoms with Crippen molar-refractivity contribution in [1.29, 1.82) is 0 Å². The van der Waals surface area contributed by atoms with Gasteiger partial charge in [0.05, 0.1) is 0 Å². The molecule has 1 atom stereocenters. The molecule has 0 aromatic heterocycles. The first-order valence-corrected chi connectivity index (χ1v) is 26.6. The van der Waals surface area contributed by atoms with Crippen LogP contribution in [-0.2, 0) is 28.6 Å². The quantitative estimate of drug-likeness (QED) is 0.0262. The predicted molar refractivity (Wildman–Crippen MR) is 265 cm³/mol. The summed E-state index contributed by atoms with van der Waals surface area (Å²) in [6.07, 6.45) is 61.0. The van der Waals surface area contributed by atoms with Gasteiger partial charge in [0, 0.05) is 19.3 Å². The third-order valence-electron chi connectivity index (χ3n) is 11.5. The van der Waals surface area contributed by atoms with Gasteiger partial charge in [0.2, 0.25) is 0 Å². The second-order valence-electron chi connectivity index (χ2n) is 17.8. The van der Waals surface area contributed by atoms with Gasteiger partial charge in [-0.05, 0) is 77.0 Å². The zero-order valence-corrected chi connectivity index (χ0v) is 41.1. The highest BCUT2D eigenvalue weighted by atomic mass is 16.6. The van der Waals surface area contributed by atoms with Crippen molar-refractivity contribution in [3.05, 3.63) is 48.6 Å². The van der Waals surface area contributed by atoms with Crippen LogP contribution in [0.2, 0.25) is 0 Å². The van der Waals surface area contributed by atoms with E-state index in [0.717, 1.165) is 96.3 Å². The van der Waals surface area contributed by atoms with Crippen molar-refractivity contribution < 1.29 is 28.6 Å². The van der Waals surface area contributed by atoms with E-state index >= 15 is 0 Å². The lowest BCUT2D eigenvalue weighted by atomic mass is 10.1. The van der Waals surface area contributed by atoms with Gasteiger partial charge in [-0.15, -0.1) is 0 Å². The lowest BCUT2D eigenvalue weighted by Crippen LogP contribution is -2.30. The average molecular weight is 869 g/mol. The normalized spacial score (nSPS) is 12.4. The van der Waals surface area contributed by atoms with Crippen LogP contribution in [0.25, 0.3) is 0 Å². The number of hydrogen-bond acceptors (Lipinski definition) is 6. The van der Waals surface area contributed by atoms with E-state index in [0.29, 0.717) is 19.3 Å². The molecule has 0 fully saturated rings. The van der Waals surface area contributed by atoms with Gasteiger partial charge in [-0.3, -0.25) is 14.4 Å². The molecule has 0 heterocycles. The summed E-state index contributed by atoms with van der Waals surface area (Å²) >= 11 is 0. The van der Waals surface area contributed by atoms with E-state index in [2.05, 4.69) is 69.4 Å². The van der Waals surface area contributed by atoms with Crippen LogP contribution in [0.1, 0.15) is 271 Å². The molecule has 0 saturated carbocycles. The first-order chi connectivity index (χ1) is 30.5. The molecule has 0 aromatic carbocycles. The van der Waals surface area contributed by atoms with E-state index in [1.807, 2.05) is 0 Å². The van der Waals surface area contributed by atoms with Crippen molar-refractivity contribution in [2.24, 2.45) is 0 Å². The number of unbranched alkanes of at least 4 members (excludes halogenated alkanes) is 29. The molecule has 1 unspecified atom stereocenters. The monoisotopic (exact) mass is 869 g/mol. The van der Waals surface area contributed by atoms with Crippen LogP contribution >= 0.6 is 0 Å². The van der Waals surface area contributed by atoms with Crippen molar-refractivity contribution in [2.75, 3.05) is 13.2 Å². The number of esters is 3. The van der Waals surface area contributed by atoms with Crippen molar-refractivity contribution in [2.45, 2.75) is 277 Å². The fourth-order valence-electron chi connectivity index (χ4n) is 7.51. The van der Waals surface area contributed by atoms with E-state index in [1.54, 1.807) is 0 Å². The van der Waals surface area contributed by atoms with Crippen LogP contribution in [0, 0.1) is 0 Å². The minimum atomic E-state index is -0.778. The topological polar surface area (TPSA) is 78.9 Å². The van der Waals surface area contributed by atoms with Crippen LogP contribution in [0.3, 0.4) is 0 Å². The molecule has 6 heteroatoms. The van der Waals surface area contributed by atoms with Gasteiger partial charge in [-0.25, -0.2) is 0 Å². The molecule has 0 rings (SSSR count). The molecule has 0 radical (unpaired) electrons. The minimum Gasteiger partial charge on any atom is -0.462 e. The molecule has 0 saturated heterocycles. The van der Waals surface area contributed by atoms with Gasteiger partial charge in [-0.2, -0.15) is 0 Å². The Bertz CT molecular complexity index is 1090. The van der Waals surface area contributed by atoms with Crippen molar-refractivity contribution in [1.82, 2.24) is 0 Å². The molecule has 62 heavy (non-hydrogen) atoms. The maximum atomic E-state index is 12.8.